The minimum atomic E-state index is -1.00. The van der Waals surface area contributed by atoms with Crippen LogP contribution in [0.3, 0.4) is 0 Å². The van der Waals surface area contributed by atoms with Gasteiger partial charge in [0.1, 0.15) is 17.2 Å². The molecule has 1 aromatic heterocycles. The molecule has 0 aliphatic carbocycles. The number of benzene rings is 3. The molecule has 4 nitrogen and oxygen atoms in total. The highest BCUT2D eigenvalue weighted by Crippen LogP contribution is 2.28. The number of hydrogen-bond acceptors (Lipinski definition) is 3. The van der Waals surface area contributed by atoms with E-state index in [0.717, 1.165) is 0 Å². The highest BCUT2D eigenvalue weighted by Gasteiger charge is 2.13. The molecule has 0 saturated carbocycles. The van der Waals surface area contributed by atoms with Gasteiger partial charge in [-0.3, -0.25) is 9.59 Å². The van der Waals surface area contributed by atoms with Crippen molar-refractivity contribution in [2.75, 3.05) is 0 Å². The minimum Gasteiger partial charge on any atom is -0.481 e. The lowest BCUT2D eigenvalue weighted by molar-refractivity contribution is -0.136. The van der Waals surface area contributed by atoms with Crippen molar-refractivity contribution >= 4 is 16.9 Å². The molecule has 0 radical (unpaired) electrons. The van der Waals surface area contributed by atoms with Crippen molar-refractivity contribution in [1.82, 2.24) is 0 Å². The zero-order valence-corrected chi connectivity index (χ0v) is 14.7. The van der Waals surface area contributed by atoms with E-state index in [9.17, 15) is 14.0 Å². The van der Waals surface area contributed by atoms with E-state index in [2.05, 4.69) is 0 Å². The second-order valence-corrected chi connectivity index (χ2v) is 6.40. The summed E-state index contributed by atoms with van der Waals surface area (Å²) in [5.41, 5.74) is 2.29. The van der Waals surface area contributed by atoms with E-state index < -0.39 is 5.97 Å². The van der Waals surface area contributed by atoms with Gasteiger partial charge in [0, 0.05) is 22.8 Å². The van der Waals surface area contributed by atoms with Crippen molar-refractivity contribution in [3.63, 3.8) is 0 Å². The number of fused-ring (bicyclic) bond motifs is 1. The summed E-state index contributed by atoms with van der Waals surface area (Å²) in [6, 6.07) is 19.7. The Bertz CT molecular complexity index is 1240. The number of hydrogen-bond donors (Lipinski definition) is 1. The van der Waals surface area contributed by atoms with Crippen LogP contribution in [0.5, 0.6) is 0 Å². The topological polar surface area (TPSA) is 67.5 Å². The SMILES string of the molecule is O=C(O)Cc1cccc2c(=O)cc(-c3ccc(-c4ccccc4F)cc3)oc12. The normalized spacial score (nSPS) is 10.9. The molecule has 3 aromatic carbocycles. The highest BCUT2D eigenvalue weighted by molar-refractivity contribution is 5.85. The van der Waals surface area contributed by atoms with E-state index in [1.54, 1.807) is 60.7 Å². The molecule has 1 N–H and O–H groups in total. The molecule has 0 aliphatic heterocycles. The van der Waals surface area contributed by atoms with Crippen molar-refractivity contribution in [3.05, 3.63) is 94.4 Å². The summed E-state index contributed by atoms with van der Waals surface area (Å²) in [5.74, 6) is -0.990. The maximum atomic E-state index is 14.0. The van der Waals surface area contributed by atoms with Gasteiger partial charge in [-0.2, -0.15) is 0 Å². The van der Waals surface area contributed by atoms with Crippen LogP contribution in [0.4, 0.5) is 4.39 Å². The second-order valence-electron chi connectivity index (χ2n) is 6.40. The molecule has 1 heterocycles. The van der Waals surface area contributed by atoms with Gasteiger partial charge >= 0.3 is 5.97 Å². The van der Waals surface area contributed by atoms with Gasteiger partial charge in [-0.15, -0.1) is 0 Å². The lowest BCUT2D eigenvalue weighted by Gasteiger charge is -2.08. The van der Waals surface area contributed by atoms with Crippen molar-refractivity contribution in [2.24, 2.45) is 0 Å². The van der Waals surface area contributed by atoms with Crippen LogP contribution in [0.15, 0.2) is 82.0 Å². The predicted octanol–water partition coefficient (Wildman–Crippen LogP) is 4.89. The van der Waals surface area contributed by atoms with E-state index in [4.69, 9.17) is 9.52 Å². The number of carboxylic acid groups (broad SMARTS) is 1. The largest absolute Gasteiger partial charge is 0.481 e. The Kier molecular flexibility index (Phi) is 4.49. The van der Waals surface area contributed by atoms with Gasteiger partial charge in [0.05, 0.1) is 11.8 Å². The zero-order chi connectivity index (χ0) is 19.7. The van der Waals surface area contributed by atoms with Crippen LogP contribution in [-0.2, 0) is 11.2 Å². The van der Waals surface area contributed by atoms with E-state index in [-0.39, 0.29) is 23.2 Å². The number of carboxylic acids is 1. The summed E-state index contributed by atoms with van der Waals surface area (Å²) in [6.45, 7) is 0. The lowest BCUT2D eigenvalue weighted by Crippen LogP contribution is -2.05. The highest BCUT2D eigenvalue weighted by atomic mass is 19.1. The molecular weight excluding hydrogens is 359 g/mol. The summed E-state index contributed by atoms with van der Waals surface area (Å²) in [6.07, 6.45) is -0.240. The van der Waals surface area contributed by atoms with Crippen molar-refractivity contribution in [2.45, 2.75) is 6.42 Å². The second kappa shape index (κ2) is 7.12. The summed E-state index contributed by atoms with van der Waals surface area (Å²) >= 11 is 0. The molecule has 0 unspecified atom stereocenters. The molecule has 4 aromatic rings. The van der Waals surface area contributed by atoms with Gasteiger partial charge in [-0.1, -0.05) is 54.6 Å². The van der Waals surface area contributed by atoms with Crippen LogP contribution in [-0.4, -0.2) is 11.1 Å². The van der Waals surface area contributed by atoms with Gasteiger partial charge in [0.15, 0.2) is 5.43 Å². The van der Waals surface area contributed by atoms with Gasteiger partial charge in [-0.25, -0.2) is 4.39 Å². The molecule has 0 saturated heterocycles. The predicted molar refractivity (Wildman–Crippen MR) is 105 cm³/mol. The van der Waals surface area contributed by atoms with Crippen molar-refractivity contribution in [1.29, 1.82) is 0 Å². The molecule has 4 rings (SSSR count). The van der Waals surface area contributed by atoms with Gasteiger partial charge in [0.2, 0.25) is 0 Å². The number of carbonyl (C=O) groups is 1. The average molecular weight is 374 g/mol. The standard InChI is InChI=1S/C23H15FO4/c24-19-7-2-1-5-17(19)14-8-10-15(11-9-14)21-13-20(25)18-6-3-4-16(12-22(26)27)23(18)28-21/h1-11,13H,12H2,(H,26,27). The fourth-order valence-electron chi connectivity index (χ4n) is 3.19. The Morgan fingerprint density at radius 2 is 1.64 bits per heavy atom. The Labute approximate surface area is 159 Å². The van der Waals surface area contributed by atoms with Crippen LogP contribution >= 0.6 is 0 Å². The Morgan fingerprint density at radius 3 is 2.36 bits per heavy atom. The van der Waals surface area contributed by atoms with Crippen molar-refractivity contribution in [3.8, 4) is 22.5 Å². The number of aliphatic carboxylic acids is 1. The van der Waals surface area contributed by atoms with E-state index >= 15 is 0 Å². The first kappa shape index (κ1) is 17.7. The third kappa shape index (κ3) is 3.30. The van der Waals surface area contributed by atoms with Crippen LogP contribution in [0.2, 0.25) is 0 Å². The molecule has 0 amide bonds. The maximum Gasteiger partial charge on any atom is 0.307 e. The molecule has 0 aliphatic rings. The van der Waals surface area contributed by atoms with Gasteiger partial charge < -0.3 is 9.52 Å². The van der Waals surface area contributed by atoms with E-state index in [0.29, 0.717) is 33.4 Å². The fraction of sp³-hybridized carbons (Fsp3) is 0.0435. The van der Waals surface area contributed by atoms with E-state index in [1.807, 2.05) is 0 Å². The zero-order valence-electron chi connectivity index (χ0n) is 14.7. The van der Waals surface area contributed by atoms with Gasteiger partial charge in [0.25, 0.3) is 0 Å². The third-order valence-corrected chi connectivity index (χ3v) is 4.53. The smallest absolute Gasteiger partial charge is 0.307 e. The molecule has 0 atom stereocenters. The number of rotatable bonds is 4. The molecular formula is C23H15FO4. The molecule has 5 heteroatoms. The van der Waals surface area contributed by atoms with Gasteiger partial charge in [-0.05, 0) is 17.7 Å². The van der Waals surface area contributed by atoms with Crippen LogP contribution in [0.1, 0.15) is 5.56 Å². The molecule has 28 heavy (non-hydrogen) atoms. The fourth-order valence-corrected chi connectivity index (χ4v) is 3.19. The quantitative estimate of drug-likeness (QED) is 0.552. The Balaban J connectivity index is 1.80. The average Bonchev–Trinajstić information content (AvgIpc) is 2.69. The minimum absolute atomic E-state index is 0.240. The summed E-state index contributed by atoms with van der Waals surface area (Å²) in [5, 5.41) is 9.43. The monoisotopic (exact) mass is 374 g/mol. The summed E-state index contributed by atoms with van der Waals surface area (Å²) < 4.78 is 19.9. The Hall–Kier alpha value is -3.73. The van der Waals surface area contributed by atoms with Crippen LogP contribution in [0.25, 0.3) is 33.4 Å². The third-order valence-electron chi connectivity index (χ3n) is 4.53. The molecule has 138 valence electrons. The molecule has 0 spiro atoms. The van der Waals surface area contributed by atoms with Crippen molar-refractivity contribution < 1.29 is 18.7 Å². The summed E-state index contributed by atoms with van der Waals surface area (Å²) in [4.78, 5) is 23.6. The number of para-hydroxylation sites is 1. The first-order valence-corrected chi connectivity index (χ1v) is 8.66. The first-order valence-electron chi connectivity index (χ1n) is 8.66. The molecule has 0 fully saturated rings. The van der Waals surface area contributed by atoms with Crippen LogP contribution in [0, 0.1) is 5.82 Å². The number of halogens is 1. The maximum absolute atomic E-state index is 14.0. The molecule has 0 bridgehead atoms. The van der Waals surface area contributed by atoms with E-state index in [1.165, 1.54) is 12.1 Å². The summed E-state index contributed by atoms with van der Waals surface area (Å²) in [7, 11) is 0. The first-order chi connectivity index (χ1) is 13.5. The lowest BCUT2D eigenvalue weighted by atomic mass is 10.0. The Morgan fingerprint density at radius 1 is 0.929 bits per heavy atom. The van der Waals surface area contributed by atoms with Crippen LogP contribution < -0.4 is 5.43 Å².